The molecule has 2 rings (SSSR count). The molecular formula is C13H17NO2S. The lowest BCUT2D eigenvalue weighted by Crippen LogP contribution is -2.26. The number of hydrogen-bond acceptors (Lipinski definition) is 3. The summed E-state index contributed by atoms with van der Waals surface area (Å²) >= 11 is 4.18. The number of thiol groups is 1. The van der Waals surface area contributed by atoms with Gasteiger partial charge in [0.25, 0.3) is 5.91 Å². The molecule has 1 N–H and O–H groups in total. The number of rotatable bonds is 4. The molecule has 1 fully saturated rings. The topological polar surface area (TPSA) is 38.3 Å². The van der Waals surface area contributed by atoms with Crippen LogP contribution in [0.5, 0.6) is 0 Å². The van der Waals surface area contributed by atoms with E-state index in [1.54, 1.807) is 12.1 Å². The minimum Gasteiger partial charge on any atom is -0.381 e. The Labute approximate surface area is 107 Å². The highest BCUT2D eigenvalue weighted by Crippen LogP contribution is 2.15. The normalized spacial score (nSPS) is 19.2. The molecule has 1 aromatic carbocycles. The first-order valence-electron chi connectivity index (χ1n) is 5.90. The molecule has 17 heavy (non-hydrogen) atoms. The van der Waals surface area contributed by atoms with Crippen LogP contribution in [0.3, 0.4) is 0 Å². The first-order chi connectivity index (χ1) is 8.25. The van der Waals surface area contributed by atoms with Crippen molar-refractivity contribution in [2.45, 2.75) is 17.7 Å². The summed E-state index contributed by atoms with van der Waals surface area (Å²) < 4.78 is 5.29. The van der Waals surface area contributed by atoms with Crippen molar-refractivity contribution >= 4 is 18.5 Å². The van der Waals surface area contributed by atoms with Crippen LogP contribution in [-0.4, -0.2) is 25.7 Å². The van der Waals surface area contributed by atoms with E-state index in [4.69, 9.17) is 4.74 Å². The summed E-state index contributed by atoms with van der Waals surface area (Å²) in [6, 6.07) is 7.22. The van der Waals surface area contributed by atoms with Crippen molar-refractivity contribution in [2.24, 2.45) is 5.92 Å². The number of benzene rings is 1. The zero-order valence-corrected chi connectivity index (χ0v) is 10.6. The molecule has 1 amide bonds. The van der Waals surface area contributed by atoms with Crippen LogP contribution in [0.1, 0.15) is 23.2 Å². The number of carbonyl (C=O) groups is 1. The Morgan fingerprint density at radius 3 is 2.82 bits per heavy atom. The van der Waals surface area contributed by atoms with Crippen molar-refractivity contribution in [1.82, 2.24) is 5.32 Å². The number of carbonyl (C=O) groups excluding carboxylic acids is 1. The van der Waals surface area contributed by atoms with Crippen molar-refractivity contribution in [3.63, 3.8) is 0 Å². The van der Waals surface area contributed by atoms with Gasteiger partial charge in [0.1, 0.15) is 0 Å². The zero-order chi connectivity index (χ0) is 12.1. The molecule has 1 atom stereocenters. The lowest BCUT2D eigenvalue weighted by atomic mass is 10.1. The second-order valence-corrected chi connectivity index (χ2v) is 4.84. The van der Waals surface area contributed by atoms with Gasteiger partial charge in [0.05, 0.1) is 0 Å². The fraction of sp³-hybridized carbons (Fsp3) is 0.462. The summed E-state index contributed by atoms with van der Waals surface area (Å²) in [4.78, 5) is 12.6. The van der Waals surface area contributed by atoms with E-state index in [-0.39, 0.29) is 5.91 Å². The van der Waals surface area contributed by atoms with E-state index in [0.29, 0.717) is 11.5 Å². The van der Waals surface area contributed by atoms with Crippen molar-refractivity contribution in [3.8, 4) is 0 Å². The second kappa shape index (κ2) is 6.07. The molecule has 0 spiro atoms. The molecule has 92 valence electrons. The maximum atomic E-state index is 11.8. The third-order valence-electron chi connectivity index (χ3n) is 2.99. The largest absolute Gasteiger partial charge is 0.381 e. The van der Waals surface area contributed by atoms with Crippen LogP contribution >= 0.6 is 12.6 Å². The summed E-state index contributed by atoms with van der Waals surface area (Å²) in [5.74, 6) is 0.590. The average Bonchev–Trinajstić information content (AvgIpc) is 2.83. The monoisotopic (exact) mass is 251 g/mol. The van der Waals surface area contributed by atoms with Gasteiger partial charge in [0.15, 0.2) is 0 Å². The average molecular weight is 251 g/mol. The molecule has 1 heterocycles. The quantitative estimate of drug-likeness (QED) is 0.805. The number of amides is 1. The Morgan fingerprint density at radius 2 is 2.18 bits per heavy atom. The summed E-state index contributed by atoms with van der Waals surface area (Å²) in [5.41, 5.74) is 0.686. The smallest absolute Gasteiger partial charge is 0.251 e. The van der Waals surface area contributed by atoms with Crippen LogP contribution in [0.2, 0.25) is 0 Å². The van der Waals surface area contributed by atoms with Gasteiger partial charge in [0.2, 0.25) is 0 Å². The Hall–Kier alpha value is -1.00. The van der Waals surface area contributed by atoms with Gasteiger partial charge in [-0.05, 0) is 43.0 Å². The van der Waals surface area contributed by atoms with Crippen LogP contribution in [-0.2, 0) is 4.74 Å². The van der Waals surface area contributed by atoms with Gasteiger partial charge in [-0.2, -0.15) is 0 Å². The molecule has 1 saturated heterocycles. The van der Waals surface area contributed by atoms with Crippen LogP contribution in [0.25, 0.3) is 0 Å². The van der Waals surface area contributed by atoms with E-state index < -0.39 is 0 Å². The SMILES string of the molecule is O=C(NCCC1CCOC1)c1ccc(S)cc1. The van der Waals surface area contributed by atoms with Crippen LogP contribution < -0.4 is 5.32 Å². The first-order valence-corrected chi connectivity index (χ1v) is 6.35. The zero-order valence-electron chi connectivity index (χ0n) is 9.69. The number of ether oxygens (including phenoxy) is 1. The third kappa shape index (κ3) is 3.75. The second-order valence-electron chi connectivity index (χ2n) is 4.32. The van der Waals surface area contributed by atoms with Crippen molar-refractivity contribution in [1.29, 1.82) is 0 Å². The van der Waals surface area contributed by atoms with Crippen molar-refractivity contribution in [2.75, 3.05) is 19.8 Å². The molecule has 0 radical (unpaired) electrons. The molecule has 0 aliphatic carbocycles. The highest BCUT2D eigenvalue weighted by Gasteiger charge is 2.15. The summed E-state index contributed by atoms with van der Waals surface area (Å²) in [6.07, 6.45) is 2.11. The molecule has 3 nitrogen and oxygen atoms in total. The van der Waals surface area contributed by atoms with Gasteiger partial charge in [-0.3, -0.25) is 4.79 Å². The van der Waals surface area contributed by atoms with Gasteiger partial charge in [-0.1, -0.05) is 0 Å². The maximum absolute atomic E-state index is 11.8. The van der Waals surface area contributed by atoms with Gasteiger partial charge in [-0.15, -0.1) is 12.6 Å². The standard InChI is InChI=1S/C13H17NO2S/c15-13(11-1-3-12(17)4-2-11)14-7-5-10-6-8-16-9-10/h1-4,10,17H,5-9H2,(H,14,15). The van der Waals surface area contributed by atoms with Gasteiger partial charge >= 0.3 is 0 Å². The summed E-state index contributed by atoms with van der Waals surface area (Å²) in [5, 5.41) is 2.93. The summed E-state index contributed by atoms with van der Waals surface area (Å²) in [7, 11) is 0. The fourth-order valence-corrected chi connectivity index (χ4v) is 2.06. The third-order valence-corrected chi connectivity index (χ3v) is 3.29. The van der Waals surface area contributed by atoms with E-state index >= 15 is 0 Å². The lowest BCUT2D eigenvalue weighted by molar-refractivity contribution is 0.0950. The number of nitrogens with one attached hydrogen (secondary N) is 1. The molecular weight excluding hydrogens is 234 g/mol. The molecule has 4 heteroatoms. The highest BCUT2D eigenvalue weighted by atomic mass is 32.1. The van der Waals surface area contributed by atoms with Crippen molar-refractivity contribution < 1.29 is 9.53 Å². The summed E-state index contributed by atoms with van der Waals surface area (Å²) in [6.45, 7) is 2.42. The van der Waals surface area contributed by atoms with Crippen LogP contribution in [0, 0.1) is 5.92 Å². The Kier molecular flexibility index (Phi) is 4.45. The molecule has 0 aromatic heterocycles. The number of hydrogen-bond donors (Lipinski definition) is 2. The fourth-order valence-electron chi connectivity index (χ4n) is 1.92. The predicted octanol–water partition coefficient (Wildman–Crippen LogP) is 2.13. The molecule has 1 unspecified atom stereocenters. The van der Waals surface area contributed by atoms with Gasteiger partial charge in [-0.25, -0.2) is 0 Å². The lowest BCUT2D eigenvalue weighted by Gasteiger charge is -2.08. The molecule has 0 bridgehead atoms. The first kappa shape index (κ1) is 12.5. The van der Waals surface area contributed by atoms with Crippen LogP contribution in [0.4, 0.5) is 0 Å². The molecule has 0 saturated carbocycles. The van der Waals surface area contributed by atoms with Crippen molar-refractivity contribution in [3.05, 3.63) is 29.8 Å². The van der Waals surface area contributed by atoms with E-state index in [2.05, 4.69) is 17.9 Å². The Balaban J connectivity index is 1.75. The van der Waals surface area contributed by atoms with E-state index in [9.17, 15) is 4.79 Å². The minimum atomic E-state index is -0.0164. The van der Waals surface area contributed by atoms with E-state index in [1.165, 1.54) is 0 Å². The minimum absolute atomic E-state index is 0.0164. The van der Waals surface area contributed by atoms with E-state index in [1.807, 2.05) is 12.1 Å². The molecule has 1 aliphatic rings. The Morgan fingerprint density at radius 1 is 1.41 bits per heavy atom. The molecule has 1 aromatic rings. The van der Waals surface area contributed by atoms with E-state index in [0.717, 1.165) is 37.5 Å². The van der Waals surface area contributed by atoms with Crippen LogP contribution in [0.15, 0.2) is 29.2 Å². The Bertz CT molecular complexity index is 372. The molecule has 1 aliphatic heterocycles. The van der Waals surface area contributed by atoms with Gasteiger partial charge in [0, 0.05) is 30.2 Å². The highest BCUT2D eigenvalue weighted by molar-refractivity contribution is 7.80. The maximum Gasteiger partial charge on any atom is 0.251 e. The predicted molar refractivity (Wildman–Crippen MR) is 69.6 cm³/mol. The van der Waals surface area contributed by atoms with Gasteiger partial charge < -0.3 is 10.1 Å².